The molecular formula is C11H14N4O3S. The van der Waals surface area contributed by atoms with E-state index in [1.807, 2.05) is 6.92 Å². The summed E-state index contributed by atoms with van der Waals surface area (Å²) in [6.45, 7) is 2.33. The van der Waals surface area contributed by atoms with Gasteiger partial charge in [0.05, 0.1) is 0 Å². The third kappa shape index (κ3) is 2.95. The van der Waals surface area contributed by atoms with Gasteiger partial charge in [0, 0.05) is 19.0 Å². The number of thioether (sulfide) groups is 1. The van der Waals surface area contributed by atoms with Crippen molar-refractivity contribution in [2.45, 2.75) is 30.2 Å². The molecule has 1 fully saturated rings. The smallest absolute Gasteiger partial charge is 0.253 e. The van der Waals surface area contributed by atoms with Gasteiger partial charge >= 0.3 is 0 Å². The molecule has 1 atom stereocenters. The number of H-pyrrole nitrogens is 1. The maximum Gasteiger partial charge on any atom is 0.253 e. The van der Waals surface area contributed by atoms with Crippen LogP contribution in [-0.2, 0) is 9.59 Å². The molecule has 1 aromatic heterocycles. The van der Waals surface area contributed by atoms with Crippen molar-refractivity contribution in [2.75, 3.05) is 12.3 Å². The number of nitrogen functional groups attached to an aromatic ring is 1. The first kappa shape index (κ1) is 13.6. The van der Waals surface area contributed by atoms with Gasteiger partial charge in [-0.05, 0) is 6.42 Å². The molecule has 1 aromatic rings. The summed E-state index contributed by atoms with van der Waals surface area (Å²) in [6.07, 6.45) is 0.851. The fourth-order valence-electron chi connectivity index (χ4n) is 1.85. The summed E-state index contributed by atoms with van der Waals surface area (Å²) in [5, 5.41) is -0.279. The van der Waals surface area contributed by atoms with Gasteiger partial charge in [-0.1, -0.05) is 18.7 Å². The second kappa shape index (κ2) is 5.43. The van der Waals surface area contributed by atoms with E-state index in [0.717, 1.165) is 24.2 Å². The molecule has 0 aliphatic carbocycles. The van der Waals surface area contributed by atoms with Crippen molar-refractivity contribution >= 4 is 29.4 Å². The molecule has 1 aliphatic rings. The number of amides is 2. The van der Waals surface area contributed by atoms with Crippen molar-refractivity contribution in [3.8, 4) is 0 Å². The zero-order valence-electron chi connectivity index (χ0n) is 10.4. The lowest BCUT2D eigenvalue weighted by atomic mass is 10.4. The van der Waals surface area contributed by atoms with Crippen LogP contribution in [-0.4, -0.2) is 38.5 Å². The van der Waals surface area contributed by atoms with Crippen LogP contribution in [0, 0.1) is 0 Å². The quantitative estimate of drug-likeness (QED) is 0.593. The third-order valence-electron chi connectivity index (χ3n) is 2.64. The van der Waals surface area contributed by atoms with E-state index in [9.17, 15) is 14.4 Å². The number of hydrogen-bond acceptors (Lipinski definition) is 6. The molecule has 3 N–H and O–H groups in total. The second-order valence-electron chi connectivity index (χ2n) is 4.17. The summed E-state index contributed by atoms with van der Waals surface area (Å²) in [5.41, 5.74) is 5.09. The standard InChI is InChI=1S/C11H14N4O3S/c1-2-3-15-9(17)4-6(10(15)18)19-11-13-7(12)5-8(16)14-11/h5-6H,2-4H2,1H3,(H3,12,13,14,16). The number of likely N-dealkylation sites (tertiary alicyclic amines) is 1. The molecule has 8 heteroatoms. The normalized spacial score (nSPS) is 19.2. The monoisotopic (exact) mass is 282 g/mol. The van der Waals surface area contributed by atoms with E-state index in [-0.39, 0.29) is 34.8 Å². The summed E-state index contributed by atoms with van der Waals surface area (Å²) < 4.78 is 0. The van der Waals surface area contributed by atoms with Crippen molar-refractivity contribution in [1.29, 1.82) is 0 Å². The van der Waals surface area contributed by atoms with Gasteiger partial charge in [0.15, 0.2) is 5.16 Å². The van der Waals surface area contributed by atoms with Gasteiger partial charge < -0.3 is 10.7 Å². The summed E-state index contributed by atoms with van der Waals surface area (Å²) in [6, 6.07) is 1.16. The molecule has 0 spiro atoms. The molecule has 0 saturated carbocycles. The molecule has 2 heterocycles. The first-order valence-corrected chi connectivity index (χ1v) is 6.77. The lowest BCUT2D eigenvalue weighted by Crippen LogP contribution is -2.32. The highest BCUT2D eigenvalue weighted by atomic mass is 32.2. The Morgan fingerprint density at radius 3 is 2.89 bits per heavy atom. The van der Waals surface area contributed by atoms with Gasteiger partial charge in [-0.25, -0.2) is 4.98 Å². The Bertz CT molecular complexity index is 571. The zero-order chi connectivity index (χ0) is 14.0. The average Bonchev–Trinajstić information content (AvgIpc) is 2.56. The number of anilines is 1. The number of aromatic amines is 1. The van der Waals surface area contributed by atoms with Crippen molar-refractivity contribution in [2.24, 2.45) is 0 Å². The van der Waals surface area contributed by atoms with E-state index < -0.39 is 5.25 Å². The molecule has 0 bridgehead atoms. The topological polar surface area (TPSA) is 109 Å². The maximum absolute atomic E-state index is 12.0. The first-order valence-electron chi connectivity index (χ1n) is 5.89. The van der Waals surface area contributed by atoms with Gasteiger partial charge in [-0.2, -0.15) is 0 Å². The van der Waals surface area contributed by atoms with Crippen LogP contribution in [0.5, 0.6) is 0 Å². The number of nitrogens with zero attached hydrogens (tertiary/aromatic N) is 2. The highest BCUT2D eigenvalue weighted by molar-refractivity contribution is 8.00. The van der Waals surface area contributed by atoms with Crippen LogP contribution >= 0.6 is 11.8 Å². The summed E-state index contributed by atoms with van der Waals surface area (Å²) in [7, 11) is 0. The van der Waals surface area contributed by atoms with E-state index >= 15 is 0 Å². The number of carbonyl (C=O) groups excluding carboxylic acids is 2. The summed E-state index contributed by atoms with van der Waals surface area (Å²) >= 11 is 1.06. The van der Waals surface area contributed by atoms with Crippen LogP contribution in [0.25, 0.3) is 0 Å². The number of aromatic nitrogens is 2. The van der Waals surface area contributed by atoms with E-state index in [2.05, 4.69) is 9.97 Å². The largest absolute Gasteiger partial charge is 0.383 e. The predicted octanol–water partition coefficient (Wildman–Crippen LogP) is -0.0183. The molecular weight excluding hydrogens is 268 g/mol. The van der Waals surface area contributed by atoms with Gasteiger partial charge in [0.1, 0.15) is 11.1 Å². The van der Waals surface area contributed by atoms with Gasteiger partial charge in [0.25, 0.3) is 5.56 Å². The molecule has 0 radical (unpaired) electrons. The summed E-state index contributed by atoms with van der Waals surface area (Å²) in [5.74, 6) is -0.328. The number of carbonyl (C=O) groups is 2. The molecule has 0 aromatic carbocycles. The molecule has 2 amide bonds. The van der Waals surface area contributed by atoms with E-state index in [0.29, 0.717) is 6.54 Å². The molecule has 2 rings (SSSR count). The van der Waals surface area contributed by atoms with Crippen molar-refractivity contribution in [3.05, 3.63) is 16.4 Å². The molecule has 19 heavy (non-hydrogen) atoms. The number of nitrogens with two attached hydrogens (primary N) is 1. The fourth-order valence-corrected chi connectivity index (χ4v) is 2.89. The summed E-state index contributed by atoms with van der Waals surface area (Å²) in [4.78, 5) is 42.6. The minimum atomic E-state index is -0.538. The molecule has 1 saturated heterocycles. The predicted molar refractivity (Wildman–Crippen MR) is 70.5 cm³/mol. The Kier molecular flexibility index (Phi) is 3.89. The lowest BCUT2D eigenvalue weighted by molar-refractivity contribution is -0.138. The van der Waals surface area contributed by atoms with Crippen LogP contribution in [0.1, 0.15) is 19.8 Å². The van der Waals surface area contributed by atoms with E-state index in [1.165, 1.54) is 4.90 Å². The first-order chi connectivity index (χ1) is 9.01. The van der Waals surface area contributed by atoms with Crippen LogP contribution in [0.3, 0.4) is 0 Å². The SMILES string of the molecule is CCCN1C(=O)CC(Sc2nc(N)cc(=O)[nH]2)C1=O. The number of nitrogens with one attached hydrogen (secondary N) is 1. The number of imide groups is 1. The molecule has 7 nitrogen and oxygen atoms in total. The van der Waals surface area contributed by atoms with Crippen molar-refractivity contribution in [3.63, 3.8) is 0 Å². The Labute approximate surface area is 113 Å². The fraction of sp³-hybridized carbons (Fsp3) is 0.455. The third-order valence-corrected chi connectivity index (χ3v) is 3.71. The van der Waals surface area contributed by atoms with Gasteiger partial charge in [-0.15, -0.1) is 0 Å². The molecule has 102 valence electrons. The number of hydrogen-bond donors (Lipinski definition) is 2. The number of rotatable bonds is 4. The second-order valence-corrected chi connectivity index (χ2v) is 5.36. The van der Waals surface area contributed by atoms with Crippen LogP contribution in [0.4, 0.5) is 5.82 Å². The average molecular weight is 282 g/mol. The van der Waals surface area contributed by atoms with Crippen LogP contribution in [0.15, 0.2) is 16.0 Å². The van der Waals surface area contributed by atoms with Crippen molar-refractivity contribution in [1.82, 2.24) is 14.9 Å². The Hall–Kier alpha value is -1.83. The minimum absolute atomic E-state index is 0.0911. The lowest BCUT2D eigenvalue weighted by Gasteiger charge is -2.12. The van der Waals surface area contributed by atoms with E-state index in [1.54, 1.807) is 0 Å². The Balaban J connectivity index is 2.14. The Morgan fingerprint density at radius 2 is 2.26 bits per heavy atom. The molecule has 1 unspecified atom stereocenters. The maximum atomic E-state index is 12.0. The minimum Gasteiger partial charge on any atom is -0.383 e. The van der Waals surface area contributed by atoms with Crippen LogP contribution < -0.4 is 11.3 Å². The Morgan fingerprint density at radius 1 is 1.53 bits per heavy atom. The van der Waals surface area contributed by atoms with Crippen LogP contribution in [0.2, 0.25) is 0 Å². The zero-order valence-corrected chi connectivity index (χ0v) is 11.2. The van der Waals surface area contributed by atoms with Gasteiger partial charge in [0.2, 0.25) is 11.8 Å². The molecule has 1 aliphatic heterocycles. The van der Waals surface area contributed by atoms with E-state index in [4.69, 9.17) is 5.73 Å². The van der Waals surface area contributed by atoms with Crippen molar-refractivity contribution < 1.29 is 9.59 Å². The highest BCUT2D eigenvalue weighted by Crippen LogP contribution is 2.29. The highest BCUT2D eigenvalue weighted by Gasteiger charge is 2.38. The van der Waals surface area contributed by atoms with Gasteiger partial charge in [-0.3, -0.25) is 19.3 Å².